The lowest BCUT2D eigenvalue weighted by Gasteiger charge is -2.24. The van der Waals surface area contributed by atoms with Crippen LogP contribution in [0, 0.1) is 5.92 Å². The van der Waals surface area contributed by atoms with E-state index >= 15 is 0 Å². The predicted molar refractivity (Wildman–Crippen MR) is 63.8 cm³/mol. The van der Waals surface area contributed by atoms with E-state index in [2.05, 4.69) is 0 Å². The SMILES string of the molecule is CS(=O)CC[C@@H](C(=O)O)N1CC(CN)CC1=O. The fourth-order valence-corrected chi connectivity index (χ4v) is 2.51. The fourth-order valence-electron chi connectivity index (χ4n) is 1.96. The first-order valence-corrected chi connectivity index (χ1v) is 7.20. The van der Waals surface area contributed by atoms with Gasteiger partial charge in [0, 0.05) is 35.8 Å². The van der Waals surface area contributed by atoms with Crippen LogP contribution in [0.4, 0.5) is 0 Å². The van der Waals surface area contributed by atoms with E-state index in [9.17, 15) is 13.8 Å². The molecular formula is C10H18N2O4S. The maximum Gasteiger partial charge on any atom is 0.326 e. The Bertz CT molecular complexity index is 334. The Morgan fingerprint density at radius 1 is 1.71 bits per heavy atom. The summed E-state index contributed by atoms with van der Waals surface area (Å²) in [4.78, 5) is 24.1. The van der Waals surface area contributed by atoms with Gasteiger partial charge in [0.15, 0.2) is 0 Å². The molecule has 0 aromatic rings. The van der Waals surface area contributed by atoms with Crippen LogP contribution in [0.2, 0.25) is 0 Å². The van der Waals surface area contributed by atoms with Crippen molar-refractivity contribution in [3.63, 3.8) is 0 Å². The lowest BCUT2D eigenvalue weighted by Crippen LogP contribution is -2.43. The Labute approximate surface area is 103 Å². The van der Waals surface area contributed by atoms with Gasteiger partial charge in [-0.05, 0) is 18.9 Å². The molecule has 0 spiro atoms. The molecule has 1 aliphatic rings. The van der Waals surface area contributed by atoms with Crippen LogP contribution in [-0.4, -0.2) is 57.2 Å². The molecule has 0 aromatic carbocycles. The number of carboxylic acids is 1. The monoisotopic (exact) mass is 262 g/mol. The van der Waals surface area contributed by atoms with Gasteiger partial charge >= 0.3 is 5.97 Å². The highest BCUT2D eigenvalue weighted by Crippen LogP contribution is 2.21. The number of hydrogen-bond acceptors (Lipinski definition) is 4. The first-order chi connectivity index (χ1) is 7.95. The van der Waals surface area contributed by atoms with Crippen LogP contribution >= 0.6 is 0 Å². The van der Waals surface area contributed by atoms with Crippen molar-refractivity contribution in [2.24, 2.45) is 11.7 Å². The van der Waals surface area contributed by atoms with Gasteiger partial charge in [-0.1, -0.05) is 0 Å². The van der Waals surface area contributed by atoms with E-state index in [-0.39, 0.29) is 24.0 Å². The van der Waals surface area contributed by atoms with Gasteiger partial charge in [-0.15, -0.1) is 0 Å². The van der Waals surface area contributed by atoms with Crippen molar-refractivity contribution >= 4 is 22.7 Å². The molecule has 1 aliphatic heterocycles. The van der Waals surface area contributed by atoms with E-state index in [1.807, 2.05) is 0 Å². The second-order valence-corrected chi connectivity index (χ2v) is 5.83. The van der Waals surface area contributed by atoms with Gasteiger partial charge in [0.25, 0.3) is 0 Å². The Kier molecular flexibility index (Phi) is 5.07. The van der Waals surface area contributed by atoms with E-state index in [1.54, 1.807) is 0 Å². The molecule has 1 rings (SSSR count). The summed E-state index contributed by atoms with van der Waals surface area (Å²) in [5.41, 5.74) is 5.48. The fraction of sp³-hybridized carbons (Fsp3) is 0.800. The first kappa shape index (κ1) is 14.1. The molecule has 6 nitrogen and oxygen atoms in total. The number of carbonyl (C=O) groups is 2. The lowest BCUT2D eigenvalue weighted by molar-refractivity contribution is -0.148. The third-order valence-corrected chi connectivity index (χ3v) is 3.72. The summed E-state index contributed by atoms with van der Waals surface area (Å²) in [5, 5.41) is 9.10. The zero-order chi connectivity index (χ0) is 13.0. The molecule has 0 saturated carbocycles. The summed E-state index contributed by atoms with van der Waals surface area (Å²) >= 11 is 0. The third kappa shape index (κ3) is 3.78. The van der Waals surface area contributed by atoms with E-state index in [0.29, 0.717) is 19.5 Å². The van der Waals surface area contributed by atoms with Crippen molar-refractivity contribution < 1.29 is 18.9 Å². The number of likely N-dealkylation sites (tertiary alicyclic amines) is 1. The summed E-state index contributed by atoms with van der Waals surface area (Å²) in [6, 6.07) is -0.872. The van der Waals surface area contributed by atoms with Gasteiger partial charge < -0.3 is 15.7 Å². The highest BCUT2D eigenvalue weighted by atomic mass is 32.2. The zero-order valence-corrected chi connectivity index (χ0v) is 10.6. The molecule has 17 heavy (non-hydrogen) atoms. The third-order valence-electron chi connectivity index (χ3n) is 2.91. The molecule has 98 valence electrons. The van der Waals surface area contributed by atoms with Crippen molar-refractivity contribution in [2.45, 2.75) is 18.9 Å². The second-order valence-electron chi connectivity index (χ2n) is 4.27. The quantitative estimate of drug-likeness (QED) is 0.640. The first-order valence-electron chi connectivity index (χ1n) is 5.48. The van der Waals surface area contributed by atoms with Gasteiger partial charge in [0.2, 0.25) is 5.91 Å². The summed E-state index contributed by atoms with van der Waals surface area (Å²) in [6.07, 6.45) is 2.06. The number of rotatable bonds is 6. The summed E-state index contributed by atoms with van der Waals surface area (Å²) < 4.78 is 11.0. The van der Waals surface area contributed by atoms with Crippen molar-refractivity contribution in [3.8, 4) is 0 Å². The predicted octanol–water partition coefficient (Wildman–Crippen LogP) is -0.985. The molecular weight excluding hydrogens is 244 g/mol. The maximum absolute atomic E-state index is 11.7. The largest absolute Gasteiger partial charge is 0.480 e. The minimum atomic E-state index is -1.05. The average Bonchev–Trinajstić information content (AvgIpc) is 2.59. The van der Waals surface area contributed by atoms with Gasteiger partial charge in [-0.25, -0.2) is 4.79 Å². The molecule has 0 aromatic heterocycles. The Hall–Kier alpha value is -0.950. The van der Waals surface area contributed by atoms with Crippen molar-refractivity contribution in [1.82, 2.24) is 4.90 Å². The standard InChI is InChI=1S/C10H18N2O4S/c1-17(16)3-2-8(10(14)15)12-6-7(5-11)4-9(12)13/h7-8H,2-6,11H2,1H3,(H,14,15)/t7?,8-,17?/m0/s1. The number of amides is 1. The average molecular weight is 262 g/mol. The summed E-state index contributed by atoms with van der Waals surface area (Å²) in [6.45, 7) is 0.775. The molecule has 3 N–H and O–H groups in total. The van der Waals surface area contributed by atoms with Gasteiger partial charge in [-0.3, -0.25) is 9.00 Å². The van der Waals surface area contributed by atoms with Crippen molar-refractivity contribution in [3.05, 3.63) is 0 Å². The lowest BCUT2D eigenvalue weighted by atomic mass is 10.1. The van der Waals surface area contributed by atoms with Crippen molar-refractivity contribution in [2.75, 3.05) is 25.1 Å². The molecule has 0 aliphatic carbocycles. The number of carboxylic acid groups (broad SMARTS) is 1. The molecule has 1 amide bonds. The molecule has 7 heteroatoms. The van der Waals surface area contributed by atoms with E-state index in [1.165, 1.54) is 11.2 Å². The topological polar surface area (TPSA) is 101 Å². The Balaban J connectivity index is 2.67. The minimum Gasteiger partial charge on any atom is -0.480 e. The van der Waals surface area contributed by atoms with E-state index in [4.69, 9.17) is 10.8 Å². The minimum absolute atomic E-state index is 0.0384. The summed E-state index contributed by atoms with van der Waals surface area (Å²) in [7, 11) is -1.05. The molecule has 1 fully saturated rings. The summed E-state index contributed by atoms with van der Waals surface area (Å²) in [5.74, 6) is -0.888. The van der Waals surface area contributed by atoms with E-state index < -0.39 is 22.8 Å². The van der Waals surface area contributed by atoms with Gasteiger partial charge in [0.1, 0.15) is 6.04 Å². The highest BCUT2D eigenvalue weighted by molar-refractivity contribution is 7.84. The van der Waals surface area contributed by atoms with Crippen LogP contribution in [0.3, 0.4) is 0 Å². The number of carbonyl (C=O) groups excluding carboxylic acids is 1. The Morgan fingerprint density at radius 3 is 2.76 bits per heavy atom. The molecule has 1 heterocycles. The normalized spacial score (nSPS) is 23.8. The van der Waals surface area contributed by atoms with E-state index in [0.717, 1.165) is 0 Å². The number of nitrogens with two attached hydrogens (primary N) is 1. The number of nitrogens with zero attached hydrogens (tertiary/aromatic N) is 1. The zero-order valence-electron chi connectivity index (χ0n) is 9.80. The second kappa shape index (κ2) is 6.11. The molecule has 3 atom stereocenters. The van der Waals surface area contributed by atoms with Crippen LogP contribution in [0.1, 0.15) is 12.8 Å². The van der Waals surface area contributed by atoms with Crippen LogP contribution in [0.25, 0.3) is 0 Å². The smallest absolute Gasteiger partial charge is 0.326 e. The molecule has 1 saturated heterocycles. The maximum atomic E-state index is 11.7. The van der Waals surface area contributed by atoms with Crippen LogP contribution in [-0.2, 0) is 20.4 Å². The van der Waals surface area contributed by atoms with Crippen LogP contribution in [0.5, 0.6) is 0 Å². The van der Waals surface area contributed by atoms with Crippen LogP contribution in [0.15, 0.2) is 0 Å². The molecule has 2 unspecified atom stereocenters. The van der Waals surface area contributed by atoms with Crippen LogP contribution < -0.4 is 5.73 Å². The van der Waals surface area contributed by atoms with Gasteiger partial charge in [-0.2, -0.15) is 0 Å². The van der Waals surface area contributed by atoms with Gasteiger partial charge in [0.05, 0.1) is 0 Å². The molecule has 0 radical (unpaired) electrons. The number of hydrogen-bond donors (Lipinski definition) is 2. The Morgan fingerprint density at radius 2 is 2.35 bits per heavy atom. The van der Waals surface area contributed by atoms with Crippen molar-refractivity contribution in [1.29, 1.82) is 0 Å². The number of aliphatic carboxylic acids is 1. The highest BCUT2D eigenvalue weighted by Gasteiger charge is 2.36. The molecule has 0 bridgehead atoms.